The van der Waals surface area contributed by atoms with Crippen LogP contribution in [0.4, 0.5) is 0 Å². The summed E-state index contributed by atoms with van der Waals surface area (Å²) in [5.41, 5.74) is 0.542. The fraction of sp³-hybridized carbons (Fsp3) is 0.600. The topological polar surface area (TPSA) is 62.7 Å². The lowest BCUT2D eigenvalue weighted by Crippen LogP contribution is -2.45. The SMILES string of the molecule is COc1cnccc1C(=O)N1CCCCC1CC(C)O. The number of hydrogen-bond donors (Lipinski definition) is 1. The van der Waals surface area contributed by atoms with E-state index in [2.05, 4.69) is 4.98 Å². The van der Waals surface area contributed by atoms with Crippen molar-refractivity contribution in [1.29, 1.82) is 0 Å². The average Bonchev–Trinajstić information content (AvgIpc) is 2.46. The van der Waals surface area contributed by atoms with Gasteiger partial charge in [0.25, 0.3) is 5.91 Å². The Kier molecular flexibility index (Phi) is 4.95. The van der Waals surface area contributed by atoms with E-state index in [0.29, 0.717) is 17.7 Å². The molecule has 0 saturated carbocycles. The Morgan fingerprint density at radius 2 is 2.40 bits per heavy atom. The molecule has 5 heteroatoms. The number of amides is 1. The summed E-state index contributed by atoms with van der Waals surface area (Å²) in [6.45, 7) is 2.51. The summed E-state index contributed by atoms with van der Waals surface area (Å²) in [5, 5.41) is 9.60. The van der Waals surface area contributed by atoms with E-state index < -0.39 is 6.10 Å². The molecule has 0 aliphatic carbocycles. The zero-order valence-corrected chi connectivity index (χ0v) is 12.1. The smallest absolute Gasteiger partial charge is 0.257 e. The van der Waals surface area contributed by atoms with Crippen LogP contribution >= 0.6 is 0 Å². The Morgan fingerprint density at radius 1 is 1.60 bits per heavy atom. The lowest BCUT2D eigenvalue weighted by atomic mass is 9.96. The molecule has 1 aromatic heterocycles. The number of pyridine rings is 1. The maximum absolute atomic E-state index is 12.7. The number of likely N-dealkylation sites (tertiary alicyclic amines) is 1. The second-order valence-corrected chi connectivity index (χ2v) is 5.31. The second kappa shape index (κ2) is 6.70. The Balaban J connectivity index is 2.20. The van der Waals surface area contributed by atoms with Crippen molar-refractivity contribution < 1.29 is 14.6 Å². The van der Waals surface area contributed by atoms with Gasteiger partial charge in [-0.1, -0.05) is 0 Å². The maximum atomic E-state index is 12.7. The summed E-state index contributed by atoms with van der Waals surface area (Å²) in [4.78, 5) is 18.6. The van der Waals surface area contributed by atoms with Crippen molar-refractivity contribution in [3.05, 3.63) is 24.0 Å². The Hall–Kier alpha value is -1.62. The first-order chi connectivity index (χ1) is 9.63. The molecule has 1 fully saturated rings. The molecule has 1 aliphatic heterocycles. The fourth-order valence-corrected chi connectivity index (χ4v) is 2.78. The van der Waals surface area contributed by atoms with Gasteiger partial charge in [0.1, 0.15) is 5.75 Å². The molecule has 1 saturated heterocycles. The average molecular weight is 278 g/mol. The summed E-state index contributed by atoms with van der Waals surface area (Å²) in [5.74, 6) is 0.466. The molecule has 2 rings (SSSR count). The minimum atomic E-state index is -0.396. The number of nitrogens with zero attached hydrogens (tertiary/aromatic N) is 2. The highest BCUT2D eigenvalue weighted by Gasteiger charge is 2.29. The van der Waals surface area contributed by atoms with Gasteiger partial charge in [0, 0.05) is 18.8 Å². The van der Waals surface area contributed by atoms with Gasteiger partial charge in [-0.15, -0.1) is 0 Å². The highest BCUT2D eigenvalue weighted by Crippen LogP contribution is 2.26. The van der Waals surface area contributed by atoms with Crippen LogP contribution in [-0.4, -0.2) is 46.7 Å². The first kappa shape index (κ1) is 14.8. The number of aliphatic hydroxyl groups excluding tert-OH is 1. The lowest BCUT2D eigenvalue weighted by molar-refractivity contribution is 0.0512. The molecule has 5 nitrogen and oxygen atoms in total. The second-order valence-electron chi connectivity index (χ2n) is 5.31. The van der Waals surface area contributed by atoms with Crippen molar-refractivity contribution in [3.8, 4) is 5.75 Å². The molecule has 1 aromatic rings. The lowest BCUT2D eigenvalue weighted by Gasteiger charge is -2.36. The molecule has 0 spiro atoms. The number of methoxy groups -OCH3 is 1. The number of carbonyl (C=O) groups excluding carboxylic acids is 1. The predicted octanol–water partition coefficient (Wildman–Crippen LogP) is 1.86. The van der Waals surface area contributed by atoms with Crippen LogP contribution in [0, 0.1) is 0 Å². The Labute approximate surface area is 119 Å². The summed E-state index contributed by atoms with van der Waals surface area (Å²) in [6, 6.07) is 1.80. The van der Waals surface area contributed by atoms with Gasteiger partial charge >= 0.3 is 0 Å². The summed E-state index contributed by atoms with van der Waals surface area (Å²) in [6.07, 6.45) is 6.45. The molecule has 1 N–H and O–H groups in total. The van der Waals surface area contributed by atoms with E-state index in [1.54, 1.807) is 25.4 Å². The van der Waals surface area contributed by atoms with Gasteiger partial charge in [-0.25, -0.2) is 0 Å². The molecule has 0 aromatic carbocycles. The largest absolute Gasteiger partial charge is 0.494 e. The first-order valence-corrected chi connectivity index (χ1v) is 7.10. The summed E-state index contributed by atoms with van der Waals surface area (Å²) < 4.78 is 5.21. The highest BCUT2D eigenvalue weighted by molar-refractivity contribution is 5.97. The molecule has 1 aliphatic rings. The van der Waals surface area contributed by atoms with Crippen molar-refractivity contribution in [3.63, 3.8) is 0 Å². The fourth-order valence-electron chi connectivity index (χ4n) is 2.78. The highest BCUT2D eigenvalue weighted by atomic mass is 16.5. The van der Waals surface area contributed by atoms with Gasteiger partial charge in [-0.05, 0) is 38.7 Å². The zero-order chi connectivity index (χ0) is 14.5. The van der Waals surface area contributed by atoms with E-state index >= 15 is 0 Å². The molecule has 2 unspecified atom stereocenters. The van der Waals surface area contributed by atoms with Crippen LogP contribution < -0.4 is 4.74 Å². The molecular weight excluding hydrogens is 256 g/mol. The normalized spacial score (nSPS) is 20.6. The van der Waals surface area contributed by atoms with Crippen molar-refractivity contribution in [2.24, 2.45) is 0 Å². The van der Waals surface area contributed by atoms with E-state index in [1.165, 1.54) is 7.11 Å². The first-order valence-electron chi connectivity index (χ1n) is 7.10. The van der Waals surface area contributed by atoms with Gasteiger partial charge in [0.15, 0.2) is 0 Å². The van der Waals surface area contributed by atoms with Crippen molar-refractivity contribution >= 4 is 5.91 Å². The monoisotopic (exact) mass is 278 g/mol. The van der Waals surface area contributed by atoms with Crippen LogP contribution in [0.5, 0.6) is 5.75 Å². The van der Waals surface area contributed by atoms with Gasteiger partial charge < -0.3 is 14.7 Å². The van der Waals surface area contributed by atoms with E-state index in [9.17, 15) is 9.90 Å². The van der Waals surface area contributed by atoms with E-state index in [1.807, 2.05) is 4.90 Å². The predicted molar refractivity (Wildman–Crippen MR) is 75.8 cm³/mol. The van der Waals surface area contributed by atoms with Crippen molar-refractivity contribution in [2.45, 2.75) is 44.8 Å². The molecule has 0 bridgehead atoms. The van der Waals surface area contributed by atoms with Gasteiger partial charge in [-0.2, -0.15) is 0 Å². The molecule has 110 valence electrons. The van der Waals surface area contributed by atoms with Crippen LogP contribution in [-0.2, 0) is 0 Å². The van der Waals surface area contributed by atoms with Gasteiger partial charge in [-0.3, -0.25) is 9.78 Å². The van der Waals surface area contributed by atoms with Crippen LogP contribution in [0.1, 0.15) is 43.0 Å². The number of carbonyl (C=O) groups is 1. The van der Waals surface area contributed by atoms with E-state index in [4.69, 9.17) is 4.74 Å². The van der Waals surface area contributed by atoms with Crippen LogP contribution in [0.2, 0.25) is 0 Å². The Morgan fingerprint density at radius 3 is 3.10 bits per heavy atom. The van der Waals surface area contributed by atoms with Crippen molar-refractivity contribution in [2.75, 3.05) is 13.7 Å². The number of piperidine rings is 1. The molecule has 20 heavy (non-hydrogen) atoms. The third kappa shape index (κ3) is 3.28. The van der Waals surface area contributed by atoms with Crippen molar-refractivity contribution in [1.82, 2.24) is 9.88 Å². The molecule has 1 amide bonds. The number of ether oxygens (including phenoxy) is 1. The molecule has 0 radical (unpaired) electrons. The third-order valence-electron chi connectivity index (χ3n) is 3.74. The number of aromatic nitrogens is 1. The molecular formula is C15H22N2O3. The maximum Gasteiger partial charge on any atom is 0.257 e. The van der Waals surface area contributed by atoms with Gasteiger partial charge in [0.05, 0.1) is 25.0 Å². The minimum absolute atomic E-state index is 0.0328. The molecule has 2 atom stereocenters. The standard InChI is InChI=1S/C15H22N2O3/c1-11(18)9-12-5-3-4-8-17(12)15(19)13-6-7-16-10-14(13)20-2/h6-7,10-12,18H,3-5,8-9H2,1-2H3. The zero-order valence-electron chi connectivity index (χ0n) is 12.1. The summed E-state index contributed by atoms with van der Waals surface area (Å²) in [7, 11) is 1.54. The third-order valence-corrected chi connectivity index (χ3v) is 3.74. The molecule has 2 heterocycles. The minimum Gasteiger partial charge on any atom is -0.494 e. The number of rotatable bonds is 4. The number of aliphatic hydroxyl groups is 1. The van der Waals surface area contributed by atoms with Crippen LogP contribution in [0.15, 0.2) is 18.5 Å². The van der Waals surface area contributed by atoms with Crippen LogP contribution in [0.25, 0.3) is 0 Å². The van der Waals surface area contributed by atoms with Gasteiger partial charge in [0.2, 0.25) is 0 Å². The Bertz CT molecular complexity index is 462. The quantitative estimate of drug-likeness (QED) is 0.913. The van der Waals surface area contributed by atoms with E-state index in [0.717, 1.165) is 25.8 Å². The van der Waals surface area contributed by atoms with E-state index in [-0.39, 0.29) is 11.9 Å². The number of hydrogen-bond acceptors (Lipinski definition) is 4. The van der Waals surface area contributed by atoms with Crippen LogP contribution in [0.3, 0.4) is 0 Å². The summed E-state index contributed by atoms with van der Waals surface area (Å²) >= 11 is 0.